The molecule has 0 aliphatic heterocycles. The molecular weight excluding hydrogens is 211 g/mol. The van der Waals surface area contributed by atoms with E-state index >= 15 is 0 Å². The van der Waals surface area contributed by atoms with E-state index in [4.69, 9.17) is 0 Å². The van der Waals surface area contributed by atoms with Crippen molar-refractivity contribution in [2.75, 3.05) is 5.32 Å². The van der Waals surface area contributed by atoms with Crippen molar-refractivity contribution in [3.8, 4) is 0 Å². The van der Waals surface area contributed by atoms with Gasteiger partial charge in [-0.3, -0.25) is 10.1 Å². The molecule has 5 heteroatoms. The van der Waals surface area contributed by atoms with E-state index < -0.39 is 16.4 Å². The lowest BCUT2D eigenvalue weighted by atomic mass is 10.1. The molecule has 0 saturated carbocycles. The maximum Gasteiger partial charge on any atom is 0.306 e. The largest absolute Gasteiger partial charge is 0.382 e. The summed E-state index contributed by atoms with van der Waals surface area (Å²) in [6.07, 6.45) is 1.84. The van der Waals surface area contributed by atoms with E-state index in [1.807, 2.05) is 13.8 Å². The van der Waals surface area contributed by atoms with Gasteiger partial charge in [0.2, 0.25) is 5.82 Å². The highest BCUT2D eigenvalue weighted by Crippen LogP contribution is 2.22. The van der Waals surface area contributed by atoms with Crippen LogP contribution in [0.15, 0.2) is 18.2 Å². The number of hydrogen-bond acceptors (Lipinski definition) is 3. The molecule has 0 atom stereocenters. The second kappa shape index (κ2) is 5.44. The zero-order valence-corrected chi connectivity index (χ0v) is 9.37. The van der Waals surface area contributed by atoms with Crippen molar-refractivity contribution in [3.05, 3.63) is 34.1 Å². The smallest absolute Gasteiger partial charge is 0.306 e. The third-order valence-corrected chi connectivity index (χ3v) is 2.50. The molecule has 0 saturated heterocycles. The van der Waals surface area contributed by atoms with Gasteiger partial charge in [0, 0.05) is 17.8 Å². The number of nitrogens with one attached hydrogen (secondary N) is 1. The van der Waals surface area contributed by atoms with E-state index in [2.05, 4.69) is 5.32 Å². The zero-order chi connectivity index (χ0) is 12.1. The van der Waals surface area contributed by atoms with Gasteiger partial charge in [-0.05, 0) is 25.0 Å². The van der Waals surface area contributed by atoms with Crippen molar-refractivity contribution in [1.29, 1.82) is 0 Å². The molecule has 1 N–H and O–H groups in total. The molecule has 88 valence electrons. The molecule has 0 aliphatic carbocycles. The molecule has 0 bridgehead atoms. The van der Waals surface area contributed by atoms with E-state index in [0.29, 0.717) is 5.69 Å². The average Bonchev–Trinajstić information content (AvgIpc) is 2.27. The normalized spacial score (nSPS) is 10.5. The number of benzene rings is 1. The standard InChI is InChI=1S/C11H15FN2O2/c1-3-8(4-2)13-9-5-6-10(12)11(7-9)14(15)16/h5-8,13H,3-4H2,1-2H3. The highest BCUT2D eigenvalue weighted by molar-refractivity contribution is 5.52. The van der Waals surface area contributed by atoms with Crippen molar-refractivity contribution in [2.24, 2.45) is 0 Å². The maximum absolute atomic E-state index is 13.1. The van der Waals surface area contributed by atoms with Crippen LogP contribution in [0.3, 0.4) is 0 Å². The summed E-state index contributed by atoms with van der Waals surface area (Å²) in [5.41, 5.74) is 0.0951. The Morgan fingerprint density at radius 1 is 1.44 bits per heavy atom. The van der Waals surface area contributed by atoms with Crippen LogP contribution in [0.1, 0.15) is 26.7 Å². The van der Waals surface area contributed by atoms with Crippen LogP contribution >= 0.6 is 0 Å². The van der Waals surface area contributed by atoms with Crippen molar-refractivity contribution in [3.63, 3.8) is 0 Å². The van der Waals surface area contributed by atoms with E-state index in [1.165, 1.54) is 12.1 Å². The third kappa shape index (κ3) is 2.92. The van der Waals surface area contributed by atoms with Crippen molar-refractivity contribution < 1.29 is 9.31 Å². The highest BCUT2D eigenvalue weighted by Gasteiger charge is 2.15. The molecule has 0 heterocycles. The van der Waals surface area contributed by atoms with Crippen LogP contribution < -0.4 is 5.32 Å². The first-order valence-corrected chi connectivity index (χ1v) is 5.29. The van der Waals surface area contributed by atoms with Gasteiger partial charge < -0.3 is 5.32 Å². The van der Waals surface area contributed by atoms with Crippen molar-refractivity contribution in [1.82, 2.24) is 0 Å². The number of hydrogen-bond donors (Lipinski definition) is 1. The first-order chi connectivity index (χ1) is 7.58. The molecule has 0 radical (unpaired) electrons. The Balaban J connectivity index is 2.90. The van der Waals surface area contributed by atoms with Crippen LogP contribution in [0, 0.1) is 15.9 Å². The monoisotopic (exact) mass is 226 g/mol. The van der Waals surface area contributed by atoms with Crippen molar-refractivity contribution in [2.45, 2.75) is 32.7 Å². The van der Waals surface area contributed by atoms with Gasteiger partial charge in [0.05, 0.1) is 4.92 Å². The number of nitrogens with zero attached hydrogens (tertiary/aromatic N) is 1. The number of rotatable bonds is 5. The summed E-state index contributed by atoms with van der Waals surface area (Å²) in [6, 6.07) is 4.11. The third-order valence-electron chi connectivity index (χ3n) is 2.50. The van der Waals surface area contributed by atoms with Gasteiger partial charge >= 0.3 is 5.69 Å². The molecule has 0 amide bonds. The Morgan fingerprint density at radius 2 is 2.06 bits per heavy atom. The Bertz CT molecular complexity index is 378. The summed E-state index contributed by atoms with van der Waals surface area (Å²) in [4.78, 5) is 9.82. The molecule has 0 aliphatic rings. The number of halogens is 1. The van der Waals surface area contributed by atoms with Gasteiger partial charge in [0.25, 0.3) is 0 Å². The summed E-state index contributed by atoms with van der Waals surface area (Å²) in [5, 5.41) is 13.7. The molecule has 0 spiro atoms. The van der Waals surface area contributed by atoms with Crippen LogP contribution in [-0.2, 0) is 0 Å². The van der Waals surface area contributed by atoms with E-state index in [-0.39, 0.29) is 6.04 Å². The summed E-state index contributed by atoms with van der Waals surface area (Å²) in [5.74, 6) is -0.805. The summed E-state index contributed by atoms with van der Waals surface area (Å²) in [6.45, 7) is 4.05. The van der Waals surface area contributed by atoms with Gasteiger partial charge in [0.1, 0.15) is 0 Å². The van der Waals surface area contributed by atoms with Crippen LogP contribution in [0.25, 0.3) is 0 Å². The van der Waals surface area contributed by atoms with Crippen molar-refractivity contribution >= 4 is 11.4 Å². The minimum atomic E-state index is -0.805. The molecule has 1 aromatic rings. The predicted octanol–water partition coefficient (Wildman–Crippen LogP) is 3.33. The number of nitro benzene ring substituents is 1. The lowest BCUT2D eigenvalue weighted by molar-refractivity contribution is -0.387. The van der Waals surface area contributed by atoms with Gasteiger partial charge in [-0.2, -0.15) is 4.39 Å². The Morgan fingerprint density at radius 3 is 2.56 bits per heavy atom. The van der Waals surface area contributed by atoms with Gasteiger partial charge in [0.15, 0.2) is 0 Å². The van der Waals surface area contributed by atoms with Crippen LogP contribution in [0.5, 0.6) is 0 Å². The van der Waals surface area contributed by atoms with E-state index in [9.17, 15) is 14.5 Å². The average molecular weight is 226 g/mol. The first kappa shape index (κ1) is 12.4. The molecule has 1 aromatic carbocycles. The Kier molecular flexibility index (Phi) is 4.22. The SMILES string of the molecule is CCC(CC)Nc1ccc(F)c([N+](=O)[O-])c1. The van der Waals surface area contributed by atoms with Crippen LogP contribution in [-0.4, -0.2) is 11.0 Å². The second-order valence-electron chi connectivity index (χ2n) is 3.58. The molecule has 0 fully saturated rings. The molecule has 0 unspecified atom stereocenters. The van der Waals surface area contributed by atoms with Crippen LogP contribution in [0.2, 0.25) is 0 Å². The maximum atomic E-state index is 13.1. The van der Waals surface area contributed by atoms with E-state index in [1.54, 1.807) is 0 Å². The van der Waals surface area contributed by atoms with E-state index in [0.717, 1.165) is 18.9 Å². The fourth-order valence-electron chi connectivity index (χ4n) is 1.47. The lowest BCUT2D eigenvalue weighted by Crippen LogP contribution is -2.17. The quantitative estimate of drug-likeness (QED) is 0.618. The minimum absolute atomic E-state index is 0.255. The molecule has 16 heavy (non-hydrogen) atoms. The topological polar surface area (TPSA) is 55.2 Å². The van der Waals surface area contributed by atoms with Crippen LogP contribution in [0.4, 0.5) is 15.8 Å². The fraction of sp³-hybridized carbons (Fsp3) is 0.455. The molecular formula is C11H15FN2O2. The fourth-order valence-corrected chi connectivity index (χ4v) is 1.47. The first-order valence-electron chi connectivity index (χ1n) is 5.29. The van der Waals surface area contributed by atoms with Gasteiger partial charge in [-0.1, -0.05) is 13.8 Å². The van der Waals surface area contributed by atoms with Gasteiger partial charge in [-0.25, -0.2) is 0 Å². The summed E-state index contributed by atoms with van der Waals surface area (Å²) in [7, 11) is 0. The Labute approximate surface area is 93.6 Å². The summed E-state index contributed by atoms with van der Waals surface area (Å²) < 4.78 is 13.1. The summed E-state index contributed by atoms with van der Waals surface area (Å²) >= 11 is 0. The second-order valence-corrected chi connectivity index (χ2v) is 3.58. The minimum Gasteiger partial charge on any atom is -0.382 e. The predicted molar refractivity (Wildman–Crippen MR) is 61.0 cm³/mol. The van der Waals surface area contributed by atoms with Gasteiger partial charge in [-0.15, -0.1) is 0 Å². The number of nitro groups is 1. The lowest BCUT2D eigenvalue weighted by Gasteiger charge is -2.15. The molecule has 1 rings (SSSR count). The Hall–Kier alpha value is -1.65. The number of anilines is 1. The highest BCUT2D eigenvalue weighted by atomic mass is 19.1. The zero-order valence-electron chi connectivity index (χ0n) is 9.37. The molecule has 0 aromatic heterocycles. The molecule has 4 nitrogen and oxygen atoms in total.